The highest BCUT2D eigenvalue weighted by atomic mass is 79.9. The summed E-state index contributed by atoms with van der Waals surface area (Å²) in [6.45, 7) is 0. The van der Waals surface area contributed by atoms with Gasteiger partial charge in [-0.05, 0) is 28.1 Å². The Hall–Kier alpha value is -3.55. The summed E-state index contributed by atoms with van der Waals surface area (Å²) in [7, 11) is 0. The van der Waals surface area contributed by atoms with Crippen LogP contribution in [-0.4, -0.2) is 15.7 Å². The van der Waals surface area contributed by atoms with Crippen molar-refractivity contribution in [1.29, 1.82) is 0 Å². The summed E-state index contributed by atoms with van der Waals surface area (Å²) in [6.07, 6.45) is 2.88. The second kappa shape index (κ2) is 8.29. The molecule has 31 heavy (non-hydrogen) atoms. The largest absolute Gasteiger partial charge is 0.423 e. The molecule has 0 radical (unpaired) electrons. The molecular formula is C24H18BrN5O. The van der Waals surface area contributed by atoms with Gasteiger partial charge >= 0.3 is 6.01 Å². The third kappa shape index (κ3) is 3.81. The Labute approximate surface area is 188 Å². The van der Waals surface area contributed by atoms with Crippen molar-refractivity contribution in [3.8, 4) is 11.8 Å². The predicted molar refractivity (Wildman–Crippen MR) is 124 cm³/mol. The number of aromatic nitrogens is 2. The van der Waals surface area contributed by atoms with Gasteiger partial charge in [-0.15, -0.1) is 0 Å². The minimum absolute atomic E-state index is 0.244. The van der Waals surface area contributed by atoms with E-state index in [2.05, 4.69) is 25.9 Å². The van der Waals surface area contributed by atoms with Gasteiger partial charge in [0.05, 0.1) is 28.3 Å². The van der Waals surface area contributed by atoms with Crippen molar-refractivity contribution in [2.24, 2.45) is 10.8 Å². The van der Waals surface area contributed by atoms with Crippen molar-refractivity contribution in [3.63, 3.8) is 0 Å². The number of para-hydroxylation sites is 1. The second-order valence-electron chi connectivity index (χ2n) is 6.95. The number of benzene rings is 3. The zero-order valence-corrected chi connectivity index (χ0v) is 18.0. The highest BCUT2D eigenvalue weighted by molar-refractivity contribution is 9.10. The number of hydrogen-bond acceptors (Lipinski definition) is 6. The van der Waals surface area contributed by atoms with Gasteiger partial charge in [-0.1, -0.05) is 66.7 Å². The average Bonchev–Trinajstić information content (AvgIpc) is 2.82. The standard InChI is InChI=1S/C24H18BrN5O/c25-20-12-6-7-13-21(20)31-24-27-14-17(15-28-24)30-23(26)19-11-5-4-10-18(19)22(29-30)16-8-2-1-3-9-16/h1-15,23H,26H2. The first-order valence-electron chi connectivity index (χ1n) is 9.73. The number of halogens is 1. The summed E-state index contributed by atoms with van der Waals surface area (Å²) in [5, 5.41) is 6.61. The molecule has 3 aromatic carbocycles. The lowest BCUT2D eigenvalue weighted by atomic mass is 9.94. The molecule has 6 nitrogen and oxygen atoms in total. The van der Waals surface area contributed by atoms with Crippen LogP contribution in [0.25, 0.3) is 0 Å². The Morgan fingerprint density at radius 2 is 1.52 bits per heavy atom. The second-order valence-corrected chi connectivity index (χ2v) is 7.80. The van der Waals surface area contributed by atoms with Gasteiger partial charge < -0.3 is 10.5 Å². The van der Waals surface area contributed by atoms with Crippen LogP contribution in [-0.2, 0) is 0 Å². The molecule has 1 aliphatic heterocycles. The fourth-order valence-electron chi connectivity index (χ4n) is 3.46. The molecule has 1 atom stereocenters. The van der Waals surface area contributed by atoms with Crippen molar-refractivity contribution in [3.05, 3.63) is 112 Å². The molecule has 0 fully saturated rings. The van der Waals surface area contributed by atoms with Crippen molar-refractivity contribution >= 4 is 27.3 Å². The fourth-order valence-corrected chi connectivity index (χ4v) is 3.83. The van der Waals surface area contributed by atoms with E-state index in [-0.39, 0.29) is 6.01 Å². The third-order valence-corrected chi connectivity index (χ3v) is 5.63. The normalized spacial score (nSPS) is 15.2. The van der Waals surface area contributed by atoms with Crippen molar-refractivity contribution in [1.82, 2.24) is 9.97 Å². The monoisotopic (exact) mass is 471 g/mol. The first-order valence-corrected chi connectivity index (χ1v) is 10.5. The van der Waals surface area contributed by atoms with Crippen LogP contribution in [0.1, 0.15) is 22.9 Å². The maximum absolute atomic E-state index is 6.57. The number of anilines is 1. The maximum atomic E-state index is 6.57. The zero-order valence-electron chi connectivity index (χ0n) is 16.4. The average molecular weight is 472 g/mol. The SMILES string of the molecule is NC1c2ccccc2C(c2ccccc2)=NN1c1cnc(Oc2ccccc2Br)nc1. The van der Waals surface area contributed by atoms with E-state index >= 15 is 0 Å². The van der Waals surface area contributed by atoms with Crippen molar-refractivity contribution in [2.75, 3.05) is 5.01 Å². The number of nitrogens with zero attached hydrogens (tertiary/aromatic N) is 4. The highest BCUT2D eigenvalue weighted by Crippen LogP contribution is 2.33. The molecule has 0 saturated heterocycles. The van der Waals surface area contributed by atoms with E-state index in [0.717, 1.165) is 26.9 Å². The van der Waals surface area contributed by atoms with Gasteiger partial charge in [-0.25, -0.2) is 15.0 Å². The summed E-state index contributed by atoms with van der Waals surface area (Å²) in [5.74, 6) is 0.642. The highest BCUT2D eigenvalue weighted by Gasteiger charge is 2.28. The van der Waals surface area contributed by atoms with E-state index in [0.29, 0.717) is 11.4 Å². The Morgan fingerprint density at radius 3 is 2.29 bits per heavy atom. The van der Waals surface area contributed by atoms with Gasteiger partial charge in [-0.3, -0.25) is 0 Å². The predicted octanol–water partition coefficient (Wildman–Crippen LogP) is 5.26. The molecule has 0 saturated carbocycles. The molecule has 1 aliphatic rings. The number of fused-ring (bicyclic) bond motifs is 1. The van der Waals surface area contributed by atoms with Gasteiger partial charge in [0.2, 0.25) is 0 Å². The summed E-state index contributed by atoms with van der Waals surface area (Å²) in [5.41, 5.74) is 11.1. The Kier molecular flexibility index (Phi) is 5.19. The minimum atomic E-state index is -0.456. The molecule has 152 valence electrons. The molecule has 0 spiro atoms. The van der Waals surface area contributed by atoms with Crippen molar-refractivity contribution in [2.45, 2.75) is 6.17 Å². The number of rotatable bonds is 4. The lowest BCUT2D eigenvalue weighted by Gasteiger charge is -2.32. The molecule has 2 heterocycles. The molecule has 1 unspecified atom stereocenters. The minimum Gasteiger partial charge on any atom is -0.423 e. The van der Waals surface area contributed by atoms with Gasteiger partial charge in [0.15, 0.2) is 0 Å². The van der Waals surface area contributed by atoms with Crippen LogP contribution in [0.4, 0.5) is 5.69 Å². The van der Waals surface area contributed by atoms with Crippen LogP contribution in [0, 0.1) is 0 Å². The van der Waals surface area contributed by atoms with E-state index < -0.39 is 6.17 Å². The van der Waals surface area contributed by atoms with Crippen LogP contribution in [0.2, 0.25) is 0 Å². The molecule has 2 N–H and O–H groups in total. The van der Waals surface area contributed by atoms with Gasteiger partial charge in [-0.2, -0.15) is 5.10 Å². The third-order valence-electron chi connectivity index (χ3n) is 4.97. The first kappa shape index (κ1) is 19.4. The van der Waals surface area contributed by atoms with Crippen LogP contribution in [0.3, 0.4) is 0 Å². The molecule has 4 aromatic rings. The topological polar surface area (TPSA) is 76.6 Å². The number of hydrazone groups is 1. The quantitative estimate of drug-likeness (QED) is 0.439. The Balaban J connectivity index is 1.50. The molecule has 1 aromatic heterocycles. The molecular weight excluding hydrogens is 454 g/mol. The summed E-state index contributed by atoms with van der Waals surface area (Å²) >= 11 is 3.46. The van der Waals surface area contributed by atoms with Crippen LogP contribution >= 0.6 is 15.9 Å². The number of nitrogens with two attached hydrogens (primary N) is 1. The van der Waals surface area contributed by atoms with Gasteiger partial charge in [0, 0.05) is 16.7 Å². The lowest BCUT2D eigenvalue weighted by Crippen LogP contribution is -2.36. The molecule has 0 amide bonds. The van der Waals surface area contributed by atoms with E-state index in [4.69, 9.17) is 15.6 Å². The van der Waals surface area contributed by atoms with E-state index in [1.807, 2.05) is 78.9 Å². The fraction of sp³-hybridized carbons (Fsp3) is 0.0417. The summed E-state index contributed by atoms with van der Waals surface area (Å²) < 4.78 is 6.60. The molecule has 5 rings (SSSR count). The maximum Gasteiger partial charge on any atom is 0.322 e. The number of ether oxygens (including phenoxy) is 1. The van der Waals surface area contributed by atoms with E-state index in [1.54, 1.807) is 17.4 Å². The van der Waals surface area contributed by atoms with Crippen LogP contribution in [0.15, 0.2) is 101 Å². The van der Waals surface area contributed by atoms with Gasteiger partial charge in [0.25, 0.3) is 0 Å². The lowest BCUT2D eigenvalue weighted by molar-refractivity contribution is 0.439. The summed E-state index contributed by atoms with van der Waals surface area (Å²) in [6, 6.07) is 25.9. The Bertz CT molecular complexity index is 1240. The van der Waals surface area contributed by atoms with E-state index in [1.165, 1.54) is 0 Å². The van der Waals surface area contributed by atoms with Crippen LogP contribution in [0.5, 0.6) is 11.8 Å². The number of hydrogen-bond donors (Lipinski definition) is 1. The smallest absolute Gasteiger partial charge is 0.322 e. The molecule has 7 heteroatoms. The van der Waals surface area contributed by atoms with Crippen molar-refractivity contribution < 1.29 is 4.74 Å². The first-order chi connectivity index (χ1) is 15.2. The zero-order chi connectivity index (χ0) is 21.2. The molecule has 0 aliphatic carbocycles. The molecule has 0 bridgehead atoms. The summed E-state index contributed by atoms with van der Waals surface area (Å²) in [4.78, 5) is 8.72. The van der Waals surface area contributed by atoms with Crippen LogP contribution < -0.4 is 15.5 Å². The van der Waals surface area contributed by atoms with Gasteiger partial charge in [0.1, 0.15) is 11.9 Å². The Morgan fingerprint density at radius 1 is 0.839 bits per heavy atom. The van der Waals surface area contributed by atoms with E-state index in [9.17, 15) is 0 Å².